The van der Waals surface area contributed by atoms with Crippen LogP contribution in [-0.4, -0.2) is 20.7 Å². The summed E-state index contributed by atoms with van der Waals surface area (Å²) < 4.78 is 40.5. The first kappa shape index (κ1) is 26.8. The molecule has 1 atom stereocenters. The van der Waals surface area contributed by atoms with Crippen LogP contribution < -0.4 is 5.32 Å². The van der Waals surface area contributed by atoms with E-state index in [0.717, 1.165) is 46.6 Å². The first-order valence-electron chi connectivity index (χ1n) is 11.4. The Balaban J connectivity index is 1.64. The van der Waals surface area contributed by atoms with Crippen LogP contribution in [0.1, 0.15) is 51.4 Å². The zero-order chi connectivity index (χ0) is 26.7. The lowest BCUT2D eigenvalue weighted by Crippen LogP contribution is -2.28. The molecule has 4 aromatic rings. The van der Waals surface area contributed by atoms with Crippen LogP contribution in [0.15, 0.2) is 71.9 Å². The number of nitrogens with one attached hydrogen (secondary N) is 1. The second-order valence-corrected chi connectivity index (χ2v) is 9.97. The van der Waals surface area contributed by atoms with E-state index in [-0.39, 0.29) is 5.56 Å². The molecule has 5 nitrogen and oxygen atoms in total. The van der Waals surface area contributed by atoms with Gasteiger partial charge in [0.1, 0.15) is 0 Å². The van der Waals surface area contributed by atoms with E-state index in [9.17, 15) is 18.0 Å². The van der Waals surface area contributed by atoms with Gasteiger partial charge < -0.3 is 5.32 Å². The van der Waals surface area contributed by atoms with Crippen LogP contribution in [0.5, 0.6) is 0 Å². The van der Waals surface area contributed by atoms with Crippen molar-refractivity contribution in [3.63, 3.8) is 0 Å². The normalized spacial score (nSPS) is 12.4. The van der Waals surface area contributed by atoms with Crippen LogP contribution in [0.2, 0.25) is 5.02 Å². The Labute approximate surface area is 222 Å². The smallest absolute Gasteiger partial charge is 0.342 e. The van der Waals surface area contributed by atoms with Crippen molar-refractivity contribution in [2.24, 2.45) is 0 Å². The molecule has 1 aromatic heterocycles. The number of thioether (sulfide) groups is 1. The number of halogens is 4. The van der Waals surface area contributed by atoms with Crippen LogP contribution in [0.4, 0.5) is 13.2 Å². The largest absolute Gasteiger partial charge is 0.416 e. The fourth-order valence-corrected chi connectivity index (χ4v) is 4.97. The fraction of sp³-hybridized carbons (Fsp3) is 0.222. The standard InChI is InChI=1S/C27H24ClF3N4OS/c1-16-6-4-5-7-20(16)15-37-26-34-33-24(35(26)23-14-22(28)13-8-17(23)2)18(3)32-25(36)19-9-11-21(12-10-19)27(29,30)31/h4-14,18H,15H2,1-3H3,(H,32,36). The van der Waals surface area contributed by atoms with E-state index in [2.05, 4.69) is 21.6 Å². The molecule has 0 bridgehead atoms. The van der Waals surface area contributed by atoms with Gasteiger partial charge in [0.05, 0.1) is 17.3 Å². The number of benzene rings is 3. The third-order valence-electron chi connectivity index (χ3n) is 5.90. The predicted molar refractivity (Wildman–Crippen MR) is 139 cm³/mol. The van der Waals surface area contributed by atoms with Gasteiger partial charge in [-0.05, 0) is 73.9 Å². The molecule has 37 heavy (non-hydrogen) atoms. The molecule has 0 fully saturated rings. The molecule has 3 aromatic carbocycles. The minimum Gasteiger partial charge on any atom is -0.342 e. The van der Waals surface area contributed by atoms with Gasteiger partial charge in [0.25, 0.3) is 5.91 Å². The Morgan fingerprint density at radius 2 is 1.73 bits per heavy atom. The van der Waals surface area contributed by atoms with Crippen molar-refractivity contribution in [3.05, 3.63) is 105 Å². The molecule has 0 aliphatic heterocycles. The third-order valence-corrected chi connectivity index (χ3v) is 7.11. The molecule has 1 unspecified atom stereocenters. The highest BCUT2D eigenvalue weighted by molar-refractivity contribution is 7.98. The van der Waals surface area contributed by atoms with Crippen molar-refractivity contribution in [1.29, 1.82) is 0 Å². The van der Waals surface area contributed by atoms with E-state index >= 15 is 0 Å². The van der Waals surface area contributed by atoms with Crippen molar-refractivity contribution in [2.75, 3.05) is 0 Å². The maximum Gasteiger partial charge on any atom is 0.416 e. The van der Waals surface area contributed by atoms with E-state index in [4.69, 9.17) is 11.6 Å². The van der Waals surface area contributed by atoms with Gasteiger partial charge in [0.15, 0.2) is 11.0 Å². The Kier molecular flexibility index (Phi) is 7.94. The van der Waals surface area contributed by atoms with Gasteiger partial charge in [-0.2, -0.15) is 13.2 Å². The van der Waals surface area contributed by atoms with E-state index < -0.39 is 23.7 Å². The number of carbonyl (C=O) groups excluding carboxylic acids is 1. The maximum absolute atomic E-state index is 12.9. The van der Waals surface area contributed by atoms with Crippen LogP contribution in [-0.2, 0) is 11.9 Å². The third kappa shape index (κ3) is 6.17. The number of aryl methyl sites for hydroxylation is 2. The molecule has 4 rings (SSSR count). The SMILES string of the molecule is Cc1ccccc1CSc1nnc(C(C)NC(=O)c2ccc(C(F)(F)F)cc2)n1-c1cc(Cl)ccc1C. The number of rotatable bonds is 7. The van der Waals surface area contributed by atoms with Crippen LogP contribution in [0, 0.1) is 13.8 Å². The molecule has 0 aliphatic carbocycles. The highest BCUT2D eigenvalue weighted by Gasteiger charge is 2.30. The maximum atomic E-state index is 12.9. The van der Waals surface area contributed by atoms with E-state index in [1.54, 1.807) is 13.0 Å². The lowest BCUT2D eigenvalue weighted by atomic mass is 10.1. The summed E-state index contributed by atoms with van der Waals surface area (Å²) in [6.07, 6.45) is -4.47. The van der Waals surface area contributed by atoms with Gasteiger partial charge in [0, 0.05) is 16.3 Å². The molecular weight excluding hydrogens is 521 g/mol. The molecular formula is C27H24ClF3N4OS. The van der Waals surface area contributed by atoms with Gasteiger partial charge >= 0.3 is 6.18 Å². The lowest BCUT2D eigenvalue weighted by molar-refractivity contribution is -0.137. The summed E-state index contributed by atoms with van der Waals surface area (Å²) in [7, 11) is 0. The molecule has 0 saturated carbocycles. The number of hydrogen-bond acceptors (Lipinski definition) is 4. The zero-order valence-electron chi connectivity index (χ0n) is 20.3. The Morgan fingerprint density at radius 1 is 1.03 bits per heavy atom. The van der Waals surface area contributed by atoms with Crippen LogP contribution >= 0.6 is 23.4 Å². The highest BCUT2D eigenvalue weighted by Crippen LogP contribution is 2.32. The molecule has 0 spiro atoms. The van der Waals surface area contributed by atoms with E-state index in [1.807, 2.05) is 48.7 Å². The lowest BCUT2D eigenvalue weighted by Gasteiger charge is -2.18. The first-order chi connectivity index (χ1) is 17.5. The number of alkyl halides is 3. The quantitative estimate of drug-likeness (QED) is 0.247. The van der Waals surface area contributed by atoms with Crippen molar-refractivity contribution in [2.45, 2.75) is 43.9 Å². The average Bonchev–Trinajstić information content (AvgIpc) is 3.28. The van der Waals surface area contributed by atoms with Crippen LogP contribution in [0.3, 0.4) is 0 Å². The summed E-state index contributed by atoms with van der Waals surface area (Å²) in [6.45, 7) is 5.74. The molecule has 1 amide bonds. The van der Waals surface area contributed by atoms with Gasteiger partial charge in [-0.1, -0.05) is 53.7 Å². The van der Waals surface area contributed by atoms with Gasteiger partial charge in [-0.15, -0.1) is 10.2 Å². The molecule has 10 heteroatoms. The number of amides is 1. The van der Waals surface area contributed by atoms with Crippen molar-refractivity contribution >= 4 is 29.3 Å². The number of nitrogens with zero attached hydrogens (tertiary/aromatic N) is 3. The van der Waals surface area contributed by atoms with E-state index in [0.29, 0.717) is 21.8 Å². The van der Waals surface area contributed by atoms with Gasteiger partial charge in [0.2, 0.25) is 0 Å². The van der Waals surface area contributed by atoms with Gasteiger partial charge in [-0.25, -0.2) is 0 Å². The Morgan fingerprint density at radius 3 is 2.41 bits per heavy atom. The van der Waals surface area contributed by atoms with Crippen molar-refractivity contribution < 1.29 is 18.0 Å². The molecule has 1 heterocycles. The first-order valence-corrected chi connectivity index (χ1v) is 12.8. The predicted octanol–water partition coefficient (Wildman–Crippen LogP) is 7.34. The summed E-state index contributed by atoms with van der Waals surface area (Å²) in [5, 5.41) is 12.8. The summed E-state index contributed by atoms with van der Waals surface area (Å²) in [5.41, 5.74) is 3.33. The van der Waals surface area contributed by atoms with E-state index in [1.165, 1.54) is 11.8 Å². The molecule has 0 aliphatic rings. The summed E-state index contributed by atoms with van der Waals surface area (Å²) in [5.74, 6) is 0.613. The minimum absolute atomic E-state index is 0.110. The molecule has 0 radical (unpaired) electrons. The van der Waals surface area contributed by atoms with Gasteiger partial charge in [-0.3, -0.25) is 9.36 Å². The molecule has 0 saturated heterocycles. The summed E-state index contributed by atoms with van der Waals surface area (Å²) >= 11 is 7.82. The zero-order valence-corrected chi connectivity index (χ0v) is 21.9. The number of aromatic nitrogens is 3. The van der Waals surface area contributed by atoms with Crippen molar-refractivity contribution in [3.8, 4) is 5.69 Å². The Bertz CT molecular complexity index is 1420. The molecule has 1 N–H and O–H groups in total. The Hall–Kier alpha value is -3.30. The topological polar surface area (TPSA) is 59.8 Å². The minimum atomic E-state index is -4.47. The second-order valence-electron chi connectivity index (χ2n) is 8.59. The highest BCUT2D eigenvalue weighted by atomic mass is 35.5. The molecule has 192 valence electrons. The fourth-order valence-electron chi connectivity index (χ4n) is 3.77. The monoisotopic (exact) mass is 544 g/mol. The van der Waals surface area contributed by atoms with Crippen LogP contribution in [0.25, 0.3) is 5.69 Å². The van der Waals surface area contributed by atoms with Crippen molar-refractivity contribution in [1.82, 2.24) is 20.1 Å². The summed E-state index contributed by atoms with van der Waals surface area (Å²) in [4.78, 5) is 12.8. The number of hydrogen-bond donors (Lipinski definition) is 1. The number of carbonyl (C=O) groups is 1. The summed E-state index contributed by atoms with van der Waals surface area (Å²) in [6, 6.07) is 17.0. The second kappa shape index (κ2) is 11.0. The average molecular weight is 545 g/mol.